The highest BCUT2D eigenvalue weighted by atomic mass is 16.5. The average Bonchev–Trinajstić information content (AvgIpc) is 2.73. The van der Waals surface area contributed by atoms with Crippen molar-refractivity contribution in [2.45, 2.75) is 26.0 Å². The van der Waals surface area contributed by atoms with Crippen LogP contribution in [0.2, 0.25) is 0 Å². The normalized spacial score (nSPS) is 21.0. The van der Waals surface area contributed by atoms with Crippen molar-refractivity contribution < 1.29 is 9.15 Å². The van der Waals surface area contributed by atoms with Crippen LogP contribution in [0.25, 0.3) is 0 Å². The lowest BCUT2D eigenvalue weighted by molar-refractivity contribution is 0.0181. The van der Waals surface area contributed by atoms with Gasteiger partial charge in [0.2, 0.25) is 0 Å². The number of nitrogens with zero attached hydrogens (tertiary/aromatic N) is 1. The summed E-state index contributed by atoms with van der Waals surface area (Å²) in [4.78, 5) is 2.27. The van der Waals surface area contributed by atoms with Crippen LogP contribution in [0.15, 0.2) is 16.5 Å². The van der Waals surface area contributed by atoms with Gasteiger partial charge in [-0.15, -0.1) is 0 Å². The fourth-order valence-corrected chi connectivity index (χ4v) is 2.08. The summed E-state index contributed by atoms with van der Waals surface area (Å²) in [5.74, 6) is 2.01. The molecule has 4 nitrogen and oxygen atoms in total. The summed E-state index contributed by atoms with van der Waals surface area (Å²) in [5, 5.41) is 3.35. The van der Waals surface area contributed by atoms with Gasteiger partial charge in [0, 0.05) is 19.6 Å². The summed E-state index contributed by atoms with van der Waals surface area (Å²) in [5.41, 5.74) is 0. The minimum absolute atomic E-state index is 0.365. The van der Waals surface area contributed by atoms with Crippen LogP contribution in [0, 0.1) is 6.92 Å². The molecule has 1 saturated heterocycles. The van der Waals surface area contributed by atoms with Crippen LogP contribution in [0.3, 0.4) is 0 Å². The third-order valence-electron chi connectivity index (χ3n) is 3.06. The summed E-state index contributed by atoms with van der Waals surface area (Å²) < 4.78 is 11.2. The van der Waals surface area contributed by atoms with Crippen molar-refractivity contribution in [2.75, 3.05) is 33.3 Å². The van der Waals surface area contributed by atoms with Gasteiger partial charge < -0.3 is 14.5 Å². The lowest BCUT2D eigenvalue weighted by atomic mass is 10.2. The molecule has 0 bridgehead atoms. The summed E-state index contributed by atoms with van der Waals surface area (Å²) in [6.45, 7) is 6.68. The van der Waals surface area contributed by atoms with Crippen molar-refractivity contribution in [1.29, 1.82) is 0 Å². The van der Waals surface area contributed by atoms with Crippen molar-refractivity contribution in [1.82, 2.24) is 10.2 Å². The van der Waals surface area contributed by atoms with Crippen molar-refractivity contribution >= 4 is 0 Å². The van der Waals surface area contributed by atoms with Crippen LogP contribution in [0.1, 0.15) is 17.9 Å². The summed E-state index contributed by atoms with van der Waals surface area (Å²) in [6.07, 6.45) is 1.44. The maximum atomic E-state index is 5.67. The van der Waals surface area contributed by atoms with Gasteiger partial charge in [-0.1, -0.05) is 0 Å². The molecule has 0 amide bonds. The second kappa shape index (κ2) is 6.19. The maximum absolute atomic E-state index is 5.67. The molecule has 0 spiro atoms. The van der Waals surface area contributed by atoms with E-state index in [1.165, 1.54) is 0 Å². The van der Waals surface area contributed by atoms with Gasteiger partial charge in [0.25, 0.3) is 0 Å². The molecule has 1 unspecified atom stereocenters. The van der Waals surface area contributed by atoms with Gasteiger partial charge >= 0.3 is 0 Å². The highest BCUT2D eigenvalue weighted by molar-refractivity contribution is 5.05. The van der Waals surface area contributed by atoms with E-state index < -0.39 is 0 Å². The first-order chi connectivity index (χ1) is 8.24. The molecule has 2 rings (SSSR count). The number of hydrogen-bond donors (Lipinski definition) is 1. The Kier molecular flexibility index (Phi) is 4.59. The van der Waals surface area contributed by atoms with E-state index in [2.05, 4.69) is 17.3 Å². The first-order valence-electron chi connectivity index (χ1n) is 6.30. The first kappa shape index (κ1) is 12.6. The molecule has 1 atom stereocenters. The van der Waals surface area contributed by atoms with Gasteiger partial charge in [-0.05, 0) is 32.5 Å². The number of nitrogens with one attached hydrogen (secondary N) is 1. The number of hydrogen-bond acceptors (Lipinski definition) is 4. The molecular formula is C13H22N2O2. The molecule has 1 N–H and O–H groups in total. The van der Waals surface area contributed by atoms with E-state index in [1.54, 1.807) is 0 Å². The quantitative estimate of drug-likeness (QED) is 0.841. The maximum Gasteiger partial charge on any atom is 0.118 e. The van der Waals surface area contributed by atoms with E-state index in [0.717, 1.165) is 50.7 Å². The summed E-state index contributed by atoms with van der Waals surface area (Å²) >= 11 is 0. The van der Waals surface area contributed by atoms with E-state index in [4.69, 9.17) is 9.15 Å². The van der Waals surface area contributed by atoms with Crippen LogP contribution in [0.4, 0.5) is 0 Å². The Hall–Kier alpha value is -0.840. The molecule has 1 aromatic heterocycles. The molecule has 0 radical (unpaired) electrons. The van der Waals surface area contributed by atoms with E-state index in [1.807, 2.05) is 19.1 Å². The highest BCUT2D eigenvalue weighted by Gasteiger charge is 2.14. The third kappa shape index (κ3) is 4.15. The predicted octanol–water partition coefficient (Wildman–Crippen LogP) is 1.40. The summed E-state index contributed by atoms with van der Waals surface area (Å²) in [6, 6.07) is 4.06. The molecule has 1 fully saturated rings. The Bertz CT molecular complexity index is 332. The van der Waals surface area contributed by atoms with Crippen LogP contribution >= 0.6 is 0 Å². The second-order valence-corrected chi connectivity index (χ2v) is 4.74. The van der Waals surface area contributed by atoms with Crippen LogP contribution in [-0.2, 0) is 11.3 Å². The van der Waals surface area contributed by atoms with E-state index in [9.17, 15) is 0 Å². The Balaban J connectivity index is 1.68. The van der Waals surface area contributed by atoms with Crippen LogP contribution in [0.5, 0.6) is 0 Å². The zero-order valence-electron chi connectivity index (χ0n) is 10.7. The number of furan rings is 1. The third-order valence-corrected chi connectivity index (χ3v) is 3.06. The van der Waals surface area contributed by atoms with Gasteiger partial charge in [0.05, 0.1) is 19.3 Å². The fraction of sp³-hybridized carbons (Fsp3) is 0.692. The lowest BCUT2D eigenvalue weighted by Crippen LogP contribution is -2.40. The molecule has 1 aliphatic rings. The van der Waals surface area contributed by atoms with Crippen molar-refractivity contribution in [3.05, 3.63) is 23.7 Å². The molecule has 4 heteroatoms. The molecule has 0 aromatic carbocycles. The van der Waals surface area contributed by atoms with Gasteiger partial charge in [0.15, 0.2) is 0 Å². The molecular weight excluding hydrogens is 216 g/mol. The SMILES string of the molecule is Cc1ccc(CN(C)CCC2CNCCO2)o1. The molecule has 0 saturated carbocycles. The van der Waals surface area contributed by atoms with E-state index >= 15 is 0 Å². The predicted molar refractivity (Wildman–Crippen MR) is 67.0 cm³/mol. The molecule has 0 aliphatic carbocycles. The number of rotatable bonds is 5. The van der Waals surface area contributed by atoms with Crippen molar-refractivity contribution in [2.24, 2.45) is 0 Å². The van der Waals surface area contributed by atoms with Gasteiger partial charge in [-0.3, -0.25) is 4.90 Å². The molecule has 1 aliphatic heterocycles. The van der Waals surface area contributed by atoms with Crippen LogP contribution in [-0.4, -0.2) is 44.3 Å². The zero-order chi connectivity index (χ0) is 12.1. The van der Waals surface area contributed by atoms with Gasteiger partial charge in [-0.2, -0.15) is 0 Å². The number of morpholine rings is 1. The highest BCUT2D eigenvalue weighted by Crippen LogP contribution is 2.10. The summed E-state index contributed by atoms with van der Waals surface area (Å²) in [7, 11) is 2.12. The smallest absolute Gasteiger partial charge is 0.118 e. The minimum atomic E-state index is 0.365. The first-order valence-corrected chi connectivity index (χ1v) is 6.30. The minimum Gasteiger partial charge on any atom is -0.465 e. The van der Waals surface area contributed by atoms with Gasteiger partial charge in [0.1, 0.15) is 11.5 Å². The topological polar surface area (TPSA) is 37.6 Å². The zero-order valence-corrected chi connectivity index (χ0v) is 10.7. The van der Waals surface area contributed by atoms with Crippen molar-refractivity contribution in [3.8, 4) is 0 Å². The molecule has 96 valence electrons. The molecule has 2 heterocycles. The Morgan fingerprint density at radius 3 is 3.00 bits per heavy atom. The largest absolute Gasteiger partial charge is 0.465 e. The standard InChI is InChI=1S/C13H22N2O2/c1-11-3-4-13(17-11)10-15(2)7-5-12-9-14-6-8-16-12/h3-4,12,14H,5-10H2,1-2H3. The van der Waals surface area contributed by atoms with Gasteiger partial charge in [-0.25, -0.2) is 0 Å². The number of ether oxygens (including phenoxy) is 1. The molecule has 1 aromatic rings. The van der Waals surface area contributed by atoms with E-state index in [-0.39, 0.29) is 0 Å². The Morgan fingerprint density at radius 2 is 2.35 bits per heavy atom. The monoisotopic (exact) mass is 238 g/mol. The second-order valence-electron chi connectivity index (χ2n) is 4.74. The number of aryl methyl sites for hydroxylation is 1. The lowest BCUT2D eigenvalue weighted by Gasteiger charge is -2.25. The average molecular weight is 238 g/mol. The Morgan fingerprint density at radius 1 is 1.47 bits per heavy atom. The van der Waals surface area contributed by atoms with E-state index in [0.29, 0.717) is 6.10 Å². The van der Waals surface area contributed by atoms with Crippen molar-refractivity contribution in [3.63, 3.8) is 0 Å². The van der Waals surface area contributed by atoms with Crippen LogP contribution < -0.4 is 5.32 Å². The molecule has 17 heavy (non-hydrogen) atoms. The fourth-order valence-electron chi connectivity index (χ4n) is 2.08. The Labute approximate surface area is 103 Å².